The first-order valence-electron chi connectivity index (χ1n) is 9.50. The van der Waals surface area contributed by atoms with Crippen molar-refractivity contribution < 1.29 is 18.7 Å². The number of esters is 1. The average Bonchev–Trinajstić information content (AvgIpc) is 3.32. The molecule has 1 aliphatic carbocycles. The number of thiophene rings is 1. The average molecular weight is 397 g/mol. The van der Waals surface area contributed by atoms with E-state index in [0.717, 1.165) is 23.6 Å². The fourth-order valence-corrected chi connectivity index (χ4v) is 4.97. The molecule has 2 aromatic heterocycles. The highest BCUT2D eigenvalue weighted by atomic mass is 32.1. The van der Waals surface area contributed by atoms with Crippen molar-refractivity contribution in [1.29, 1.82) is 0 Å². The number of aryl methyl sites for hydroxylation is 1. The van der Waals surface area contributed by atoms with Crippen LogP contribution in [-0.4, -0.2) is 18.4 Å². The summed E-state index contributed by atoms with van der Waals surface area (Å²) in [5.41, 5.74) is 2.70. The van der Waals surface area contributed by atoms with E-state index in [1.165, 1.54) is 4.88 Å². The first-order chi connectivity index (χ1) is 13.5. The fraction of sp³-hybridized carbons (Fsp3) is 0.364. The number of ether oxygens (including phenoxy) is 1. The number of hydrogen-bond donors (Lipinski definition) is 1. The summed E-state index contributed by atoms with van der Waals surface area (Å²) >= 11 is 1.68. The summed E-state index contributed by atoms with van der Waals surface area (Å²) in [5.74, 6) is 0.635. The summed E-state index contributed by atoms with van der Waals surface area (Å²) in [4.78, 5) is 27.2. The first kappa shape index (κ1) is 18.7. The monoisotopic (exact) mass is 397 g/mol. The van der Waals surface area contributed by atoms with Crippen LogP contribution in [0.1, 0.15) is 54.9 Å². The SMILES string of the molecule is CCOC(=O)C1=C(C)NC2=C(C(=O)C[C@H](c3cccs3)C2)[C@@H]1c1ccc(C)o1. The second-order valence-corrected chi connectivity index (χ2v) is 8.18. The van der Waals surface area contributed by atoms with Crippen LogP contribution in [0.4, 0.5) is 0 Å². The number of rotatable bonds is 4. The lowest BCUT2D eigenvalue weighted by atomic mass is 9.74. The molecule has 0 saturated heterocycles. The van der Waals surface area contributed by atoms with Crippen LogP contribution in [0.2, 0.25) is 0 Å². The molecule has 1 aliphatic heterocycles. The highest BCUT2D eigenvalue weighted by Gasteiger charge is 2.42. The van der Waals surface area contributed by atoms with Crippen LogP contribution in [0.3, 0.4) is 0 Å². The predicted octanol–water partition coefficient (Wildman–Crippen LogP) is 4.57. The van der Waals surface area contributed by atoms with E-state index in [1.807, 2.05) is 37.4 Å². The van der Waals surface area contributed by atoms with E-state index >= 15 is 0 Å². The van der Waals surface area contributed by atoms with Crippen LogP contribution in [0.15, 0.2) is 56.6 Å². The largest absolute Gasteiger partial charge is 0.465 e. The van der Waals surface area contributed by atoms with E-state index in [0.29, 0.717) is 23.3 Å². The van der Waals surface area contributed by atoms with Crippen LogP contribution in [0.25, 0.3) is 0 Å². The minimum absolute atomic E-state index is 0.0560. The van der Waals surface area contributed by atoms with Crippen molar-refractivity contribution in [1.82, 2.24) is 5.32 Å². The van der Waals surface area contributed by atoms with Gasteiger partial charge in [0, 0.05) is 34.2 Å². The summed E-state index contributed by atoms with van der Waals surface area (Å²) in [5, 5.41) is 5.38. The van der Waals surface area contributed by atoms with Gasteiger partial charge in [0.2, 0.25) is 0 Å². The molecule has 0 radical (unpaired) electrons. The number of nitrogens with one attached hydrogen (secondary N) is 1. The molecule has 146 valence electrons. The Morgan fingerprint density at radius 1 is 1.29 bits per heavy atom. The zero-order valence-electron chi connectivity index (χ0n) is 16.2. The van der Waals surface area contributed by atoms with Gasteiger partial charge in [-0.25, -0.2) is 4.79 Å². The molecule has 0 fully saturated rings. The standard InChI is InChI=1S/C22H23NO4S/c1-4-26-22(25)19-13(3)23-15-10-14(18-6-5-9-28-18)11-16(24)20(15)21(19)17-8-7-12(2)27-17/h5-9,14,21,23H,4,10-11H2,1-3H3/t14-,21-/m1/s1. The van der Waals surface area contributed by atoms with E-state index in [1.54, 1.807) is 18.3 Å². The molecule has 0 unspecified atom stereocenters. The van der Waals surface area contributed by atoms with Gasteiger partial charge in [-0.3, -0.25) is 4.79 Å². The lowest BCUT2D eigenvalue weighted by molar-refractivity contribution is -0.138. The molecule has 0 aromatic carbocycles. The number of carbonyl (C=O) groups excluding carboxylic acids is 2. The predicted molar refractivity (Wildman–Crippen MR) is 107 cm³/mol. The molecule has 6 heteroatoms. The Bertz CT molecular complexity index is 980. The summed E-state index contributed by atoms with van der Waals surface area (Å²) in [6.07, 6.45) is 1.18. The third kappa shape index (κ3) is 3.22. The van der Waals surface area contributed by atoms with Gasteiger partial charge in [-0.05, 0) is 50.8 Å². The lowest BCUT2D eigenvalue weighted by Crippen LogP contribution is -2.36. The topological polar surface area (TPSA) is 68.5 Å². The van der Waals surface area contributed by atoms with Crippen molar-refractivity contribution in [2.24, 2.45) is 0 Å². The summed E-state index contributed by atoms with van der Waals surface area (Å²) in [6, 6.07) is 7.80. The molecular weight excluding hydrogens is 374 g/mol. The van der Waals surface area contributed by atoms with Gasteiger partial charge in [-0.1, -0.05) is 6.07 Å². The zero-order valence-corrected chi connectivity index (χ0v) is 17.0. The van der Waals surface area contributed by atoms with Gasteiger partial charge in [0.25, 0.3) is 0 Å². The quantitative estimate of drug-likeness (QED) is 0.765. The Kier molecular flexibility index (Phi) is 4.98. The van der Waals surface area contributed by atoms with Gasteiger partial charge in [0.1, 0.15) is 11.5 Å². The van der Waals surface area contributed by atoms with Gasteiger partial charge >= 0.3 is 5.97 Å². The number of furan rings is 1. The maximum Gasteiger partial charge on any atom is 0.336 e. The molecule has 2 aliphatic rings. The molecule has 28 heavy (non-hydrogen) atoms. The van der Waals surface area contributed by atoms with E-state index in [9.17, 15) is 9.59 Å². The number of ketones is 1. The van der Waals surface area contributed by atoms with Crippen molar-refractivity contribution >= 4 is 23.1 Å². The molecule has 5 nitrogen and oxygen atoms in total. The Hall–Kier alpha value is -2.60. The summed E-state index contributed by atoms with van der Waals surface area (Å²) in [6.45, 7) is 5.77. The minimum atomic E-state index is -0.527. The van der Waals surface area contributed by atoms with E-state index in [-0.39, 0.29) is 18.3 Å². The lowest BCUT2D eigenvalue weighted by Gasteiger charge is -2.35. The van der Waals surface area contributed by atoms with Crippen LogP contribution in [0, 0.1) is 6.92 Å². The van der Waals surface area contributed by atoms with E-state index < -0.39 is 11.9 Å². The molecule has 4 rings (SSSR count). The number of dihydropyridines is 1. The second kappa shape index (κ2) is 7.43. The van der Waals surface area contributed by atoms with Crippen LogP contribution >= 0.6 is 11.3 Å². The molecule has 0 bridgehead atoms. The van der Waals surface area contributed by atoms with Crippen molar-refractivity contribution in [2.45, 2.75) is 45.4 Å². The van der Waals surface area contributed by atoms with Gasteiger partial charge in [-0.2, -0.15) is 0 Å². The summed E-state index contributed by atoms with van der Waals surface area (Å²) in [7, 11) is 0. The second-order valence-electron chi connectivity index (χ2n) is 7.20. The van der Waals surface area contributed by atoms with Crippen molar-refractivity contribution in [3.63, 3.8) is 0 Å². The smallest absolute Gasteiger partial charge is 0.336 e. The number of hydrogen-bond acceptors (Lipinski definition) is 6. The van der Waals surface area contributed by atoms with Crippen LogP contribution in [-0.2, 0) is 14.3 Å². The minimum Gasteiger partial charge on any atom is -0.465 e. The maximum atomic E-state index is 13.2. The van der Waals surface area contributed by atoms with Crippen molar-refractivity contribution in [2.75, 3.05) is 6.61 Å². The summed E-state index contributed by atoms with van der Waals surface area (Å²) < 4.78 is 11.2. The molecule has 1 N–H and O–H groups in total. The molecule has 0 saturated carbocycles. The van der Waals surface area contributed by atoms with Crippen molar-refractivity contribution in [3.8, 4) is 0 Å². The fourth-order valence-electron chi connectivity index (χ4n) is 4.14. The Labute approximate surface area is 168 Å². The Morgan fingerprint density at radius 3 is 2.75 bits per heavy atom. The van der Waals surface area contributed by atoms with Crippen LogP contribution in [0.5, 0.6) is 0 Å². The Morgan fingerprint density at radius 2 is 2.11 bits per heavy atom. The van der Waals surface area contributed by atoms with Gasteiger partial charge in [0.05, 0.1) is 18.1 Å². The highest BCUT2D eigenvalue weighted by Crippen LogP contribution is 2.46. The van der Waals surface area contributed by atoms with Gasteiger partial charge in [-0.15, -0.1) is 11.3 Å². The highest BCUT2D eigenvalue weighted by molar-refractivity contribution is 7.10. The first-order valence-corrected chi connectivity index (χ1v) is 10.4. The third-order valence-corrected chi connectivity index (χ3v) is 6.35. The van der Waals surface area contributed by atoms with E-state index in [2.05, 4.69) is 11.4 Å². The van der Waals surface area contributed by atoms with Gasteiger partial charge < -0.3 is 14.5 Å². The molecule has 2 aromatic rings. The Balaban J connectivity index is 1.80. The third-order valence-electron chi connectivity index (χ3n) is 5.31. The normalized spacial score (nSPS) is 22.2. The number of allylic oxidation sites excluding steroid dienone is 3. The molecular formula is C22H23NO4S. The zero-order chi connectivity index (χ0) is 19.8. The van der Waals surface area contributed by atoms with Crippen molar-refractivity contribution in [3.05, 3.63) is 68.6 Å². The molecule has 3 heterocycles. The molecule has 0 spiro atoms. The number of carbonyl (C=O) groups is 2. The van der Waals surface area contributed by atoms with Crippen LogP contribution < -0.4 is 5.32 Å². The maximum absolute atomic E-state index is 13.2. The molecule has 0 amide bonds. The van der Waals surface area contributed by atoms with Gasteiger partial charge in [0.15, 0.2) is 5.78 Å². The van der Waals surface area contributed by atoms with E-state index in [4.69, 9.17) is 9.15 Å². The number of Topliss-reactive ketones (excluding diaryl/α,β-unsaturated/α-hetero) is 1. The molecule has 2 atom stereocenters.